The van der Waals surface area contributed by atoms with Crippen molar-refractivity contribution in [3.8, 4) is 0 Å². The molecule has 0 saturated carbocycles. The second-order valence-corrected chi connectivity index (χ2v) is 2.74. The predicted molar refractivity (Wildman–Crippen MR) is 43.2 cm³/mol. The Hall–Kier alpha value is -1.26. The number of nitrogens with one attached hydrogen (secondary N) is 2. The first-order valence-corrected chi connectivity index (χ1v) is 4.08. The highest BCUT2D eigenvalue weighted by Gasteiger charge is 2.15. The van der Waals surface area contributed by atoms with Crippen LogP contribution in [0.25, 0.3) is 0 Å². The molecule has 5 nitrogen and oxygen atoms in total. The highest BCUT2D eigenvalue weighted by Crippen LogP contribution is 2.07. The summed E-state index contributed by atoms with van der Waals surface area (Å²) < 4.78 is 0. The summed E-state index contributed by atoms with van der Waals surface area (Å²) in [6.45, 7) is 1.57. The van der Waals surface area contributed by atoms with Gasteiger partial charge in [0.1, 0.15) is 0 Å². The number of carbonyl (C=O) groups excluding carboxylic acids is 2. The largest absolute Gasteiger partial charge is 0.336 e. The average Bonchev–Trinajstić information content (AvgIpc) is 2.15. The molecule has 2 N–H and O–H groups in total. The molecule has 0 aromatic heterocycles. The number of urea groups is 1. The van der Waals surface area contributed by atoms with Gasteiger partial charge in [-0.05, 0) is 19.3 Å². The zero-order valence-electron chi connectivity index (χ0n) is 6.88. The molecular weight excluding hydrogens is 158 g/mol. The molecule has 68 valence electrons. The van der Waals surface area contributed by atoms with Gasteiger partial charge in [0.25, 0.3) is 0 Å². The van der Waals surface area contributed by atoms with E-state index in [0.29, 0.717) is 6.41 Å². The van der Waals surface area contributed by atoms with E-state index in [-0.39, 0.29) is 6.03 Å². The van der Waals surface area contributed by atoms with Gasteiger partial charge in [0, 0.05) is 13.1 Å². The van der Waals surface area contributed by atoms with Gasteiger partial charge in [-0.15, -0.1) is 0 Å². The number of hydrogen-bond donors (Lipinski definition) is 2. The van der Waals surface area contributed by atoms with Gasteiger partial charge >= 0.3 is 6.03 Å². The topological polar surface area (TPSA) is 61.4 Å². The smallest absolute Gasteiger partial charge is 0.323 e. The normalized spacial score (nSPS) is 16.8. The summed E-state index contributed by atoms with van der Waals surface area (Å²) in [7, 11) is 0. The lowest BCUT2D eigenvalue weighted by molar-refractivity contribution is -0.110. The minimum atomic E-state index is -0.221. The maximum Gasteiger partial charge on any atom is 0.336 e. The number of piperidine rings is 1. The lowest BCUT2D eigenvalue weighted by Gasteiger charge is -2.26. The number of amides is 3. The molecule has 1 fully saturated rings. The van der Waals surface area contributed by atoms with Gasteiger partial charge in [0.05, 0.1) is 0 Å². The molecule has 0 spiro atoms. The Morgan fingerprint density at radius 2 is 1.92 bits per heavy atom. The van der Waals surface area contributed by atoms with Gasteiger partial charge in [0.15, 0.2) is 0 Å². The molecule has 12 heavy (non-hydrogen) atoms. The van der Waals surface area contributed by atoms with Gasteiger partial charge < -0.3 is 4.90 Å². The molecule has 0 aromatic rings. The van der Waals surface area contributed by atoms with Crippen molar-refractivity contribution in [2.75, 3.05) is 13.1 Å². The zero-order valence-corrected chi connectivity index (χ0v) is 6.88. The molecule has 3 amide bonds. The van der Waals surface area contributed by atoms with E-state index in [9.17, 15) is 9.59 Å². The Morgan fingerprint density at radius 3 is 2.50 bits per heavy atom. The quantitative estimate of drug-likeness (QED) is 0.448. The standard InChI is InChI=1S/C7H13N3O2/c11-6-8-9-7(12)10-4-2-1-3-5-10/h6H,1-5H2,(H,8,11)(H,9,12). The van der Waals surface area contributed by atoms with Crippen molar-refractivity contribution in [1.29, 1.82) is 0 Å². The molecule has 1 aliphatic heterocycles. The van der Waals surface area contributed by atoms with Crippen LogP contribution >= 0.6 is 0 Å². The van der Waals surface area contributed by atoms with Crippen LogP contribution in [0.3, 0.4) is 0 Å². The van der Waals surface area contributed by atoms with Crippen molar-refractivity contribution >= 4 is 12.4 Å². The molecule has 0 aromatic carbocycles. The van der Waals surface area contributed by atoms with E-state index in [0.717, 1.165) is 25.9 Å². The SMILES string of the molecule is O=CNNC(=O)N1CCCCC1. The van der Waals surface area contributed by atoms with Gasteiger partial charge in [-0.3, -0.25) is 10.2 Å². The van der Waals surface area contributed by atoms with Crippen molar-refractivity contribution in [2.45, 2.75) is 19.3 Å². The summed E-state index contributed by atoms with van der Waals surface area (Å²) >= 11 is 0. The second kappa shape index (κ2) is 4.58. The number of rotatable bonds is 2. The van der Waals surface area contributed by atoms with E-state index >= 15 is 0 Å². The highest BCUT2D eigenvalue weighted by molar-refractivity contribution is 5.75. The molecule has 1 aliphatic rings. The number of carbonyl (C=O) groups is 2. The van der Waals surface area contributed by atoms with Gasteiger partial charge in [-0.25, -0.2) is 10.2 Å². The molecule has 5 heteroatoms. The van der Waals surface area contributed by atoms with E-state index in [2.05, 4.69) is 10.9 Å². The van der Waals surface area contributed by atoms with Crippen LogP contribution < -0.4 is 10.9 Å². The summed E-state index contributed by atoms with van der Waals surface area (Å²) in [4.78, 5) is 22.7. The third kappa shape index (κ3) is 2.41. The van der Waals surface area contributed by atoms with Gasteiger partial charge in [-0.1, -0.05) is 0 Å². The van der Waals surface area contributed by atoms with E-state index < -0.39 is 0 Å². The molecule has 1 saturated heterocycles. The van der Waals surface area contributed by atoms with Crippen LogP contribution in [-0.4, -0.2) is 30.4 Å². The summed E-state index contributed by atoms with van der Waals surface area (Å²) in [6, 6.07) is -0.221. The van der Waals surface area contributed by atoms with Crippen LogP contribution in [0, 0.1) is 0 Å². The Morgan fingerprint density at radius 1 is 1.25 bits per heavy atom. The summed E-state index contributed by atoms with van der Waals surface area (Å²) in [5.74, 6) is 0. The number of hydrazine groups is 1. The van der Waals surface area contributed by atoms with E-state index in [1.165, 1.54) is 6.42 Å². The lowest BCUT2D eigenvalue weighted by atomic mass is 10.1. The van der Waals surface area contributed by atoms with E-state index in [4.69, 9.17) is 0 Å². The maximum atomic E-state index is 11.2. The lowest BCUT2D eigenvalue weighted by Crippen LogP contribution is -2.47. The monoisotopic (exact) mass is 171 g/mol. The second-order valence-electron chi connectivity index (χ2n) is 2.74. The fourth-order valence-electron chi connectivity index (χ4n) is 1.27. The third-order valence-electron chi connectivity index (χ3n) is 1.88. The van der Waals surface area contributed by atoms with E-state index in [1.54, 1.807) is 4.90 Å². The predicted octanol–water partition coefficient (Wildman–Crippen LogP) is -0.157. The zero-order chi connectivity index (χ0) is 8.81. The first kappa shape index (κ1) is 8.83. The Labute approximate surface area is 71.1 Å². The van der Waals surface area contributed by atoms with Gasteiger partial charge in [-0.2, -0.15) is 0 Å². The fraction of sp³-hybridized carbons (Fsp3) is 0.714. The Balaban J connectivity index is 2.24. The van der Waals surface area contributed by atoms with Crippen LogP contribution in [0.15, 0.2) is 0 Å². The Bertz CT molecular complexity index is 166. The molecule has 0 radical (unpaired) electrons. The van der Waals surface area contributed by atoms with Crippen molar-refractivity contribution in [3.63, 3.8) is 0 Å². The van der Waals surface area contributed by atoms with Crippen molar-refractivity contribution < 1.29 is 9.59 Å². The average molecular weight is 171 g/mol. The third-order valence-corrected chi connectivity index (χ3v) is 1.88. The van der Waals surface area contributed by atoms with Crippen LogP contribution in [0.1, 0.15) is 19.3 Å². The van der Waals surface area contributed by atoms with Crippen LogP contribution in [0.5, 0.6) is 0 Å². The number of nitrogens with zero attached hydrogens (tertiary/aromatic N) is 1. The molecule has 0 unspecified atom stereocenters. The van der Waals surface area contributed by atoms with E-state index in [1.807, 2.05) is 0 Å². The first-order chi connectivity index (χ1) is 5.84. The summed E-state index contributed by atoms with van der Waals surface area (Å²) in [5.41, 5.74) is 4.39. The maximum absolute atomic E-state index is 11.2. The van der Waals surface area contributed by atoms with Crippen LogP contribution in [0.4, 0.5) is 4.79 Å². The molecule has 0 aliphatic carbocycles. The fourth-order valence-corrected chi connectivity index (χ4v) is 1.27. The minimum absolute atomic E-state index is 0.221. The van der Waals surface area contributed by atoms with Gasteiger partial charge in [0.2, 0.25) is 6.41 Å². The van der Waals surface area contributed by atoms with Crippen LogP contribution in [0.2, 0.25) is 0 Å². The van der Waals surface area contributed by atoms with Crippen molar-refractivity contribution in [1.82, 2.24) is 15.8 Å². The number of likely N-dealkylation sites (tertiary alicyclic amines) is 1. The minimum Gasteiger partial charge on any atom is -0.323 e. The summed E-state index contributed by atoms with van der Waals surface area (Å²) in [6.07, 6.45) is 3.73. The Kier molecular flexibility index (Phi) is 3.37. The molecule has 0 atom stereocenters. The molecule has 1 rings (SSSR count). The molecule has 0 bridgehead atoms. The first-order valence-electron chi connectivity index (χ1n) is 4.08. The molecule has 1 heterocycles. The molecular formula is C7H13N3O2. The van der Waals surface area contributed by atoms with Crippen LogP contribution in [-0.2, 0) is 4.79 Å². The van der Waals surface area contributed by atoms with Crippen molar-refractivity contribution in [3.05, 3.63) is 0 Å². The van der Waals surface area contributed by atoms with Crippen molar-refractivity contribution in [2.24, 2.45) is 0 Å². The highest BCUT2D eigenvalue weighted by atomic mass is 16.2. The number of hydrogen-bond acceptors (Lipinski definition) is 2. The summed E-state index contributed by atoms with van der Waals surface area (Å²) in [5, 5.41) is 0.